The SMILES string of the molecule is CCc1noc(COc2ccc([C@H](C)O)cc2)n1. The molecular weight excluding hydrogens is 232 g/mol. The molecule has 1 atom stereocenters. The van der Waals surface area contributed by atoms with E-state index in [1.807, 2.05) is 19.1 Å². The van der Waals surface area contributed by atoms with Crippen molar-refractivity contribution in [3.63, 3.8) is 0 Å². The molecule has 1 aromatic heterocycles. The first-order chi connectivity index (χ1) is 8.69. The highest BCUT2D eigenvalue weighted by Gasteiger charge is 2.06. The van der Waals surface area contributed by atoms with Crippen LogP contribution >= 0.6 is 0 Å². The lowest BCUT2D eigenvalue weighted by Gasteiger charge is -2.06. The minimum atomic E-state index is -0.470. The van der Waals surface area contributed by atoms with E-state index in [1.54, 1.807) is 19.1 Å². The molecule has 1 N–H and O–H groups in total. The van der Waals surface area contributed by atoms with Gasteiger partial charge in [-0.3, -0.25) is 0 Å². The molecule has 0 aliphatic rings. The van der Waals surface area contributed by atoms with Crippen LogP contribution in [0.15, 0.2) is 28.8 Å². The van der Waals surface area contributed by atoms with Crippen LogP contribution in [0.1, 0.15) is 37.2 Å². The van der Waals surface area contributed by atoms with Crippen LogP contribution in [0.3, 0.4) is 0 Å². The molecule has 5 nitrogen and oxygen atoms in total. The van der Waals surface area contributed by atoms with E-state index in [1.165, 1.54) is 0 Å². The van der Waals surface area contributed by atoms with Gasteiger partial charge in [-0.15, -0.1) is 0 Å². The Hall–Kier alpha value is -1.88. The predicted molar refractivity (Wildman–Crippen MR) is 65.1 cm³/mol. The van der Waals surface area contributed by atoms with Crippen LogP contribution < -0.4 is 4.74 Å². The fourth-order valence-electron chi connectivity index (χ4n) is 1.48. The van der Waals surface area contributed by atoms with Crippen LogP contribution in [0.4, 0.5) is 0 Å². The van der Waals surface area contributed by atoms with Crippen LogP contribution in [-0.2, 0) is 13.0 Å². The summed E-state index contributed by atoms with van der Waals surface area (Å²) in [7, 11) is 0. The number of aromatic nitrogens is 2. The van der Waals surface area contributed by atoms with Crippen molar-refractivity contribution in [1.82, 2.24) is 10.1 Å². The summed E-state index contributed by atoms with van der Waals surface area (Å²) in [5.74, 6) is 1.85. The third-order valence-corrected chi connectivity index (χ3v) is 2.55. The number of benzene rings is 1. The second kappa shape index (κ2) is 5.64. The van der Waals surface area contributed by atoms with E-state index in [0.717, 1.165) is 12.0 Å². The first-order valence-electron chi connectivity index (χ1n) is 5.91. The standard InChI is InChI=1S/C13H16N2O3/c1-3-12-14-13(18-15-12)8-17-11-6-4-10(5-7-11)9(2)16/h4-7,9,16H,3,8H2,1-2H3/t9-/m0/s1. The number of rotatable bonds is 5. The summed E-state index contributed by atoms with van der Waals surface area (Å²) in [6, 6.07) is 7.26. The Morgan fingerprint density at radius 2 is 2.06 bits per heavy atom. The van der Waals surface area contributed by atoms with Crippen molar-refractivity contribution in [2.75, 3.05) is 0 Å². The second-order valence-electron chi connectivity index (χ2n) is 3.99. The zero-order chi connectivity index (χ0) is 13.0. The van der Waals surface area contributed by atoms with Gasteiger partial charge in [0.25, 0.3) is 5.89 Å². The maximum Gasteiger partial charge on any atom is 0.264 e. The largest absolute Gasteiger partial charge is 0.484 e. The number of hydrogen-bond acceptors (Lipinski definition) is 5. The van der Waals surface area contributed by atoms with Gasteiger partial charge in [0.15, 0.2) is 12.4 Å². The number of aliphatic hydroxyl groups excluding tert-OH is 1. The first-order valence-corrected chi connectivity index (χ1v) is 5.91. The Morgan fingerprint density at radius 3 is 2.61 bits per heavy atom. The van der Waals surface area contributed by atoms with Crippen molar-refractivity contribution in [2.24, 2.45) is 0 Å². The third-order valence-electron chi connectivity index (χ3n) is 2.55. The summed E-state index contributed by atoms with van der Waals surface area (Å²) in [6.45, 7) is 3.94. The fraction of sp³-hybridized carbons (Fsp3) is 0.385. The number of hydrogen-bond donors (Lipinski definition) is 1. The molecule has 0 amide bonds. The fourth-order valence-corrected chi connectivity index (χ4v) is 1.48. The maximum absolute atomic E-state index is 9.38. The second-order valence-corrected chi connectivity index (χ2v) is 3.99. The van der Waals surface area contributed by atoms with E-state index in [4.69, 9.17) is 9.26 Å². The van der Waals surface area contributed by atoms with Gasteiger partial charge in [0, 0.05) is 6.42 Å². The average molecular weight is 248 g/mol. The Kier molecular flexibility index (Phi) is 3.94. The lowest BCUT2D eigenvalue weighted by atomic mass is 10.1. The molecule has 0 fully saturated rings. The number of nitrogens with zero attached hydrogens (tertiary/aromatic N) is 2. The van der Waals surface area contributed by atoms with Crippen LogP contribution in [0.25, 0.3) is 0 Å². The number of aryl methyl sites for hydroxylation is 1. The Balaban J connectivity index is 1.93. The van der Waals surface area contributed by atoms with E-state index in [9.17, 15) is 5.11 Å². The summed E-state index contributed by atoms with van der Waals surface area (Å²) < 4.78 is 10.5. The van der Waals surface area contributed by atoms with Gasteiger partial charge in [0.05, 0.1) is 6.10 Å². The summed E-state index contributed by atoms with van der Waals surface area (Å²) in [5, 5.41) is 13.2. The van der Waals surface area contributed by atoms with Crippen molar-refractivity contribution >= 4 is 0 Å². The summed E-state index contributed by atoms with van der Waals surface area (Å²) in [4.78, 5) is 4.15. The highest BCUT2D eigenvalue weighted by Crippen LogP contribution is 2.18. The van der Waals surface area contributed by atoms with E-state index in [2.05, 4.69) is 10.1 Å². The van der Waals surface area contributed by atoms with Gasteiger partial charge in [-0.05, 0) is 24.6 Å². The Labute approximate surface area is 105 Å². The molecule has 0 unspecified atom stereocenters. The maximum atomic E-state index is 9.38. The molecule has 96 valence electrons. The Morgan fingerprint density at radius 1 is 1.33 bits per heavy atom. The van der Waals surface area contributed by atoms with Gasteiger partial charge in [-0.2, -0.15) is 4.98 Å². The molecule has 0 radical (unpaired) electrons. The molecule has 18 heavy (non-hydrogen) atoms. The van der Waals surface area contributed by atoms with Crippen LogP contribution in [0.5, 0.6) is 5.75 Å². The number of ether oxygens (including phenoxy) is 1. The average Bonchev–Trinajstić information content (AvgIpc) is 2.85. The first kappa shape index (κ1) is 12.6. The predicted octanol–water partition coefficient (Wildman–Crippen LogP) is 2.26. The molecule has 1 heterocycles. The van der Waals surface area contributed by atoms with Gasteiger partial charge in [-0.1, -0.05) is 24.2 Å². The van der Waals surface area contributed by atoms with Gasteiger partial charge in [-0.25, -0.2) is 0 Å². The minimum absolute atomic E-state index is 0.251. The highest BCUT2D eigenvalue weighted by atomic mass is 16.5. The highest BCUT2D eigenvalue weighted by molar-refractivity contribution is 5.28. The van der Waals surface area contributed by atoms with Crippen molar-refractivity contribution in [2.45, 2.75) is 33.0 Å². The third kappa shape index (κ3) is 3.07. The molecular formula is C13H16N2O3. The summed E-state index contributed by atoms with van der Waals surface area (Å²) >= 11 is 0. The van der Waals surface area contributed by atoms with Crippen molar-refractivity contribution < 1.29 is 14.4 Å². The monoisotopic (exact) mass is 248 g/mol. The van der Waals surface area contributed by atoms with E-state index in [0.29, 0.717) is 17.5 Å². The lowest BCUT2D eigenvalue weighted by Crippen LogP contribution is -1.97. The minimum Gasteiger partial charge on any atom is -0.484 e. The molecule has 5 heteroatoms. The normalized spacial score (nSPS) is 12.4. The smallest absolute Gasteiger partial charge is 0.264 e. The van der Waals surface area contributed by atoms with Crippen LogP contribution in [0, 0.1) is 0 Å². The van der Waals surface area contributed by atoms with E-state index >= 15 is 0 Å². The lowest BCUT2D eigenvalue weighted by molar-refractivity contribution is 0.199. The van der Waals surface area contributed by atoms with Crippen molar-refractivity contribution in [1.29, 1.82) is 0 Å². The van der Waals surface area contributed by atoms with E-state index in [-0.39, 0.29) is 6.61 Å². The molecule has 0 saturated heterocycles. The number of aliphatic hydroxyl groups is 1. The molecule has 2 rings (SSSR count). The van der Waals surface area contributed by atoms with Crippen LogP contribution in [0.2, 0.25) is 0 Å². The summed E-state index contributed by atoms with van der Waals surface area (Å²) in [5.41, 5.74) is 0.855. The van der Waals surface area contributed by atoms with Crippen LogP contribution in [-0.4, -0.2) is 15.2 Å². The molecule has 0 bridgehead atoms. The molecule has 0 spiro atoms. The van der Waals surface area contributed by atoms with E-state index < -0.39 is 6.10 Å². The van der Waals surface area contributed by atoms with Gasteiger partial charge < -0.3 is 14.4 Å². The molecule has 0 aliphatic carbocycles. The van der Waals surface area contributed by atoms with Gasteiger partial charge in [0.1, 0.15) is 5.75 Å². The van der Waals surface area contributed by atoms with Crippen molar-refractivity contribution in [3.05, 3.63) is 41.5 Å². The molecule has 2 aromatic rings. The van der Waals surface area contributed by atoms with Crippen molar-refractivity contribution in [3.8, 4) is 5.75 Å². The molecule has 0 aliphatic heterocycles. The quantitative estimate of drug-likeness (QED) is 0.879. The zero-order valence-corrected chi connectivity index (χ0v) is 10.5. The topological polar surface area (TPSA) is 68.4 Å². The Bertz CT molecular complexity index is 491. The molecule has 1 aromatic carbocycles. The summed E-state index contributed by atoms with van der Waals surface area (Å²) in [6.07, 6.45) is 0.272. The zero-order valence-electron chi connectivity index (χ0n) is 10.5. The van der Waals surface area contributed by atoms with Gasteiger partial charge in [0.2, 0.25) is 0 Å². The van der Waals surface area contributed by atoms with Gasteiger partial charge >= 0.3 is 0 Å². The molecule has 0 saturated carbocycles.